The SMILES string of the molecule is CCCOC(=O)Cc1nn[nH]n1. The van der Waals surface area contributed by atoms with E-state index in [4.69, 9.17) is 4.74 Å². The van der Waals surface area contributed by atoms with Crippen molar-refractivity contribution >= 4 is 5.97 Å². The summed E-state index contributed by atoms with van der Waals surface area (Å²) in [7, 11) is 0. The van der Waals surface area contributed by atoms with Crippen molar-refractivity contribution in [3.63, 3.8) is 0 Å². The van der Waals surface area contributed by atoms with Crippen molar-refractivity contribution in [2.45, 2.75) is 19.8 Å². The normalized spacial score (nSPS) is 9.75. The van der Waals surface area contributed by atoms with Crippen molar-refractivity contribution < 1.29 is 9.53 Å². The molecule has 0 atom stereocenters. The van der Waals surface area contributed by atoms with Crippen LogP contribution in [0.3, 0.4) is 0 Å². The van der Waals surface area contributed by atoms with Crippen LogP contribution in [-0.4, -0.2) is 33.2 Å². The predicted octanol–water partition coefficient (Wildman–Crippen LogP) is -0.305. The lowest BCUT2D eigenvalue weighted by atomic mass is 10.4. The number of rotatable bonds is 4. The summed E-state index contributed by atoms with van der Waals surface area (Å²) in [5, 5.41) is 12.8. The molecule has 0 bridgehead atoms. The number of nitrogens with zero attached hydrogens (tertiary/aromatic N) is 3. The number of carbonyl (C=O) groups is 1. The van der Waals surface area contributed by atoms with Gasteiger partial charge in [-0.1, -0.05) is 12.1 Å². The lowest BCUT2D eigenvalue weighted by molar-refractivity contribution is -0.142. The van der Waals surface area contributed by atoms with E-state index in [-0.39, 0.29) is 12.4 Å². The molecule has 0 radical (unpaired) electrons. The van der Waals surface area contributed by atoms with E-state index in [1.807, 2.05) is 6.92 Å². The summed E-state index contributed by atoms with van der Waals surface area (Å²) >= 11 is 0. The van der Waals surface area contributed by atoms with Gasteiger partial charge in [0.2, 0.25) is 0 Å². The maximum absolute atomic E-state index is 10.9. The zero-order chi connectivity index (χ0) is 8.81. The van der Waals surface area contributed by atoms with Gasteiger partial charge in [-0.15, -0.1) is 10.2 Å². The Kier molecular flexibility index (Phi) is 3.18. The number of ether oxygens (including phenoxy) is 1. The first-order chi connectivity index (χ1) is 5.83. The Morgan fingerprint density at radius 3 is 3.08 bits per heavy atom. The molecule has 0 amide bonds. The van der Waals surface area contributed by atoms with Crippen LogP contribution in [0.25, 0.3) is 0 Å². The van der Waals surface area contributed by atoms with Gasteiger partial charge in [0, 0.05) is 0 Å². The maximum Gasteiger partial charge on any atom is 0.313 e. The molecule has 0 aliphatic rings. The maximum atomic E-state index is 10.9. The molecular weight excluding hydrogens is 160 g/mol. The summed E-state index contributed by atoms with van der Waals surface area (Å²) in [6.07, 6.45) is 0.897. The van der Waals surface area contributed by atoms with Crippen LogP contribution < -0.4 is 0 Å². The fourth-order valence-electron chi connectivity index (χ4n) is 0.653. The van der Waals surface area contributed by atoms with Crippen LogP contribution >= 0.6 is 0 Å². The molecule has 0 unspecified atom stereocenters. The average Bonchev–Trinajstić information content (AvgIpc) is 2.53. The van der Waals surface area contributed by atoms with Crippen LogP contribution in [0.2, 0.25) is 0 Å². The summed E-state index contributed by atoms with van der Waals surface area (Å²) in [4.78, 5) is 10.9. The van der Waals surface area contributed by atoms with Crippen molar-refractivity contribution in [2.75, 3.05) is 6.61 Å². The van der Waals surface area contributed by atoms with E-state index in [1.54, 1.807) is 0 Å². The highest BCUT2D eigenvalue weighted by atomic mass is 16.5. The first kappa shape index (κ1) is 8.63. The van der Waals surface area contributed by atoms with E-state index < -0.39 is 0 Å². The van der Waals surface area contributed by atoms with E-state index in [1.165, 1.54) is 0 Å². The quantitative estimate of drug-likeness (QED) is 0.627. The van der Waals surface area contributed by atoms with Crippen molar-refractivity contribution in [1.82, 2.24) is 20.6 Å². The summed E-state index contributed by atoms with van der Waals surface area (Å²) in [6, 6.07) is 0. The molecule has 0 fully saturated rings. The van der Waals surface area contributed by atoms with Gasteiger partial charge in [-0.25, -0.2) is 0 Å². The number of carbonyl (C=O) groups excluding carboxylic acids is 1. The Morgan fingerprint density at radius 2 is 2.50 bits per heavy atom. The van der Waals surface area contributed by atoms with Crippen molar-refractivity contribution in [3.8, 4) is 0 Å². The highest BCUT2D eigenvalue weighted by molar-refractivity contribution is 5.71. The van der Waals surface area contributed by atoms with E-state index in [0.29, 0.717) is 12.4 Å². The van der Waals surface area contributed by atoms with Crippen molar-refractivity contribution in [1.29, 1.82) is 0 Å². The average molecular weight is 170 g/mol. The van der Waals surface area contributed by atoms with E-state index >= 15 is 0 Å². The minimum Gasteiger partial charge on any atom is -0.465 e. The van der Waals surface area contributed by atoms with Crippen LogP contribution in [0.1, 0.15) is 19.2 Å². The van der Waals surface area contributed by atoms with E-state index in [0.717, 1.165) is 6.42 Å². The Morgan fingerprint density at radius 1 is 1.67 bits per heavy atom. The second-order valence-electron chi connectivity index (χ2n) is 2.23. The monoisotopic (exact) mass is 170 g/mol. The lowest BCUT2D eigenvalue weighted by Crippen LogP contribution is -2.09. The first-order valence-corrected chi connectivity index (χ1v) is 3.71. The number of aromatic nitrogens is 4. The highest BCUT2D eigenvalue weighted by Crippen LogP contribution is 1.90. The molecule has 6 heteroatoms. The zero-order valence-corrected chi connectivity index (χ0v) is 6.78. The van der Waals surface area contributed by atoms with Crippen LogP contribution in [-0.2, 0) is 16.0 Å². The molecule has 1 N–H and O–H groups in total. The number of tetrazole rings is 1. The molecule has 0 aliphatic heterocycles. The number of nitrogens with one attached hydrogen (secondary N) is 1. The lowest BCUT2D eigenvalue weighted by Gasteiger charge is -1.98. The minimum atomic E-state index is -0.321. The van der Waals surface area contributed by atoms with Gasteiger partial charge in [-0.3, -0.25) is 4.79 Å². The second kappa shape index (κ2) is 4.42. The number of hydrogen-bond acceptors (Lipinski definition) is 5. The smallest absolute Gasteiger partial charge is 0.313 e. The van der Waals surface area contributed by atoms with Gasteiger partial charge in [0.25, 0.3) is 0 Å². The van der Waals surface area contributed by atoms with Gasteiger partial charge >= 0.3 is 5.97 Å². The number of esters is 1. The fourth-order valence-corrected chi connectivity index (χ4v) is 0.653. The largest absolute Gasteiger partial charge is 0.465 e. The number of hydrogen-bond donors (Lipinski definition) is 1. The topological polar surface area (TPSA) is 80.8 Å². The fraction of sp³-hybridized carbons (Fsp3) is 0.667. The molecule has 66 valence electrons. The second-order valence-corrected chi connectivity index (χ2v) is 2.23. The number of aromatic amines is 1. The van der Waals surface area contributed by atoms with Gasteiger partial charge in [0.1, 0.15) is 6.42 Å². The molecule has 0 spiro atoms. The standard InChI is InChI=1S/C6H10N4O2/c1-2-3-12-6(11)4-5-7-9-10-8-5/h2-4H2,1H3,(H,7,8,9,10). The minimum absolute atomic E-state index is 0.0799. The van der Waals surface area contributed by atoms with Gasteiger partial charge < -0.3 is 4.74 Å². The number of H-pyrrole nitrogens is 1. The molecule has 1 rings (SSSR count). The summed E-state index contributed by atoms with van der Waals surface area (Å²) in [5.74, 6) is 0.0364. The van der Waals surface area contributed by atoms with Gasteiger partial charge in [0.05, 0.1) is 6.61 Å². The molecule has 0 saturated carbocycles. The Bertz CT molecular complexity index is 234. The molecule has 0 saturated heterocycles. The van der Waals surface area contributed by atoms with Crippen molar-refractivity contribution in [3.05, 3.63) is 5.82 Å². The van der Waals surface area contributed by atoms with Gasteiger partial charge in [-0.2, -0.15) is 5.21 Å². The third-order valence-electron chi connectivity index (χ3n) is 1.16. The Labute approximate surface area is 69.3 Å². The van der Waals surface area contributed by atoms with Gasteiger partial charge in [0.15, 0.2) is 5.82 Å². The molecule has 12 heavy (non-hydrogen) atoms. The Balaban J connectivity index is 2.27. The molecule has 1 aromatic rings. The molecule has 0 aliphatic carbocycles. The first-order valence-electron chi connectivity index (χ1n) is 3.71. The van der Waals surface area contributed by atoms with E-state index in [9.17, 15) is 4.79 Å². The molecule has 6 nitrogen and oxygen atoms in total. The molecule has 1 aromatic heterocycles. The summed E-state index contributed by atoms with van der Waals surface area (Å²) < 4.78 is 4.80. The highest BCUT2D eigenvalue weighted by Gasteiger charge is 2.07. The molecule has 0 aromatic carbocycles. The van der Waals surface area contributed by atoms with Crippen LogP contribution in [0, 0.1) is 0 Å². The third-order valence-corrected chi connectivity index (χ3v) is 1.16. The third kappa shape index (κ3) is 2.65. The predicted molar refractivity (Wildman–Crippen MR) is 39.1 cm³/mol. The van der Waals surface area contributed by atoms with Crippen LogP contribution in [0.4, 0.5) is 0 Å². The van der Waals surface area contributed by atoms with Crippen LogP contribution in [0.5, 0.6) is 0 Å². The Hall–Kier alpha value is -1.46. The summed E-state index contributed by atoms with van der Waals surface area (Å²) in [5.41, 5.74) is 0. The van der Waals surface area contributed by atoms with Crippen LogP contribution in [0.15, 0.2) is 0 Å². The van der Waals surface area contributed by atoms with Gasteiger partial charge in [-0.05, 0) is 6.42 Å². The molecular formula is C6H10N4O2. The summed E-state index contributed by atoms with van der Waals surface area (Å²) in [6.45, 7) is 2.37. The van der Waals surface area contributed by atoms with Crippen molar-refractivity contribution in [2.24, 2.45) is 0 Å². The van der Waals surface area contributed by atoms with E-state index in [2.05, 4.69) is 20.6 Å². The zero-order valence-electron chi connectivity index (χ0n) is 6.78. The molecule has 1 heterocycles.